The van der Waals surface area contributed by atoms with Crippen molar-refractivity contribution < 1.29 is 0 Å². The largest absolute Gasteiger partial charge is 0.0804 e. The summed E-state index contributed by atoms with van der Waals surface area (Å²) in [6.07, 6.45) is 8.83. The topological polar surface area (TPSA) is 0 Å². The Morgan fingerprint density at radius 1 is 1.23 bits per heavy atom. The third-order valence-electron chi connectivity index (χ3n) is 2.54. The van der Waals surface area contributed by atoms with Gasteiger partial charge in [0.15, 0.2) is 0 Å². The normalized spacial score (nSPS) is 14.7. The lowest BCUT2D eigenvalue weighted by Gasteiger charge is -1.99. The molecule has 0 bridgehead atoms. The van der Waals surface area contributed by atoms with E-state index in [2.05, 4.69) is 49.4 Å². The minimum atomic E-state index is 1.10. The Morgan fingerprint density at radius 2 is 2.08 bits per heavy atom. The van der Waals surface area contributed by atoms with Crippen LogP contribution in [0.15, 0.2) is 36.4 Å². The molecule has 0 saturated heterocycles. The van der Waals surface area contributed by atoms with Crippen molar-refractivity contribution in [2.45, 2.75) is 19.8 Å². The summed E-state index contributed by atoms with van der Waals surface area (Å²) in [6, 6.07) is 8.62. The number of benzene rings is 1. The molecule has 0 unspecified atom stereocenters. The molecule has 0 amide bonds. The molecule has 1 aliphatic rings. The first kappa shape index (κ1) is 8.31. The number of hydrogen-bond acceptors (Lipinski definition) is 0. The Hall–Kier alpha value is -1.30. The molecule has 0 nitrogen and oxygen atoms in total. The van der Waals surface area contributed by atoms with E-state index in [1.165, 1.54) is 10.4 Å². The second-order valence-electron chi connectivity index (χ2n) is 3.34. The summed E-state index contributed by atoms with van der Waals surface area (Å²) in [5, 5.41) is 2.78. The van der Waals surface area contributed by atoms with Crippen LogP contribution in [0.2, 0.25) is 0 Å². The molecule has 66 valence electrons. The molecule has 0 heteroatoms. The first-order valence-electron chi connectivity index (χ1n) is 4.86. The van der Waals surface area contributed by atoms with Crippen molar-refractivity contribution in [3.8, 4) is 0 Å². The number of allylic oxidation sites excluding steroid dienone is 2. The van der Waals surface area contributed by atoms with Gasteiger partial charge in [-0.25, -0.2) is 0 Å². The second-order valence-corrected chi connectivity index (χ2v) is 3.34. The summed E-state index contributed by atoms with van der Waals surface area (Å²) in [4.78, 5) is 0. The fourth-order valence-corrected chi connectivity index (χ4v) is 1.79. The molecule has 1 aliphatic carbocycles. The van der Waals surface area contributed by atoms with E-state index in [0.29, 0.717) is 0 Å². The molecule has 2 rings (SSSR count). The molecule has 0 aliphatic heterocycles. The quantitative estimate of drug-likeness (QED) is 0.604. The summed E-state index contributed by atoms with van der Waals surface area (Å²) in [5.41, 5.74) is 1.54. The third-order valence-corrected chi connectivity index (χ3v) is 2.54. The molecule has 0 N–H and O–H groups in total. The molecule has 1 aromatic carbocycles. The van der Waals surface area contributed by atoms with Crippen LogP contribution in [0.3, 0.4) is 0 Å². The Labute approximate surface area is 78.9 Å². The van der Waals surface area contributed by atoms with Gasteiger partial charge in [-0.2, -0.15) is 0 Å². The fraction of sp³-hybridized carbons (Fsp3) is 0.231. The van der Waals surface area contributed by atoms with Crippen LogP contribution < -0.4 is 10.4 Å². The van der Waals surface area contributed by atoms with Crippen molar-refractivity contribution in [2.24, 2.45) is 0 Å². The highest BCUT2D eigenvalue weighted by Crippen LogP contribution is 2.07. The Kier molecular flexibility index (Phi) is 2.31. The molecule has 0 atom stereocenters. The predicted molar refractivity (Wildman–Crippen MR) is 57.6 cm³/mol. The summed E-state index contributed by atoms with van der Waals surface area (Å²) in [5.74, 6) is 0. The van der Waals surface area contributed by atoms with Gasteiger partial charge in [0.25, 0.3) is 0 Å². The minimum absolute atomic E-state index is 1.10. The standard InChI is InChI=1S/C13H14/c1-2-11-7-3-4-8-12-9-5-6-10-13(11)12/h3-6,8-10H,2,7H2,1H3. The average molecular weight is 170 g/mol. The van der Waals surface area contributed by atoms with Gasteiger partial charge in [0.2, 0.25) is 0 Å². The molecule has 0 fully saturated rings. The summed E-state index contributed by atoms with van der Waals surface area (Å²) in [7, 11) is 0. The van der Waals surface area contributed by atoms with Crippen LogP contribution in [0.4, 0.5) is 0 Å². The Bertz CT molecular complexity index is 435. The van der Waals surface area contributed by atoms with Crippen LogP contribution in [0.1, 0.15) is 19.8 Å². The summed E-state index contributed by atoms with van der Waals surface area (Å²) >= 11 is 0. The van der Waals surface area contributed by atoms with Gasteiger partial charge in [0, 0.05) is 0 Å². The van der Waals surface area contributed by atoms with Crippen molar-refractivity contribution in [1.29, 1.82) is 0 Å². The van der Waals surface area contributed by atoms with Crippen LogP contribution in [-0.4, -0.2) is 0 Å². The Balaban J connectivity index is 2.80. The van der Waals surface area contributed by atoms with Crippen molar-refractivity contribution >= 4 is 11.6 Å². The smallest absolute Gasteiger partial charge is 0.0127 e. The van der Waals surface area contributed by atoms with Gasteiger partial charge in [0.1, 0.15) is 0 Å². The van der Waals surface area contributed by atoms with Crippen molar-refractivity contribution in [2.75, 3.05) is 0 Å². The zero-order valence-corrected chi connectivity index (χ0v) is 7.96. The van der Waals surface area contributed by atoms with E-state index < -0.39 is 0 Å². The number of fused-ring (bicyclic) bond motifs is 1. The average Bonchev–Trinajstić information content (AvgIpc) is 2.39. The zero-order chi connectivity index (χ0) is 9.10. The maximum atomic E-state index is 2.23. The maximum absolute atomic E-state index is 2.23. The molecule has 0 heterocycles. The van der Waals surface area contributed by atoms with Crippen LogP contribution >= 0.6 is 0 Å². The van der Waals surface area contributed by atoms with E-state index in [-0.39, 0.29) is 0 Å². The highest BCUT2D eigenvalue weighted by atomic mass is 14.0. The van der Waals surface area contributed by atoms with Gasteiger partial charge >= 0.3 is 0 Å². The first-order valence-corrected chi connectivity index (χ1v) is 4.86. The lowest BCUT2D eigenvalue weighted by Crippen LogP contribution is -2.25. The summed E-state index contributed by atoms with van der Waals surface area (Å²) in [6.45, 7) is 2.23. The molecule has 0 aromatic heterocycles. The van der Waals surface area contributed by atoms with Gasteiger partial charge in [-0.1, -0.05) is 55.0 Å². The number of hydrogen-bond donors (Lipinski definition) is 0. The molecule has 1 aromatic rings. The highest BCUT2D eigenvalue weighted by molar-refractivity contribution is 5.53. The van der Waals surface area contributed by atoms with E-state index >= 15 is 0 Å². The van der Waals surface area contributed by atoms with Gasteiger partial charge in [-0.3, -0.25) is 0 Å². The third kappa shape index (κ3) is 1.57. The van der Waals surface area contributed by atoms with Gasteiger partial charge in [-0.15, -0.1) is 0 Å². The monoisotopic (exact) mass is 170 g/mol. The van der Waals surface area contributed by atoms with Crippen molar-refractivity contribution in [3.63, 3.8) is 0 Å². The second kappa shape index (κ2) is 3.61. The highest BCUT2D eigenvalue weighted by Gasteiger charge is 1.96. The lowest BCUT2D eigenvalue weighted by molar-refractivity contribution is 1.15. The minimum Gasteiger partial charge on any atom is -0.0804 e. The van der Waals surface area contributed by atoms with E-state index in [1.54, 1.807) is 5.57 Å². The summed E-state index contributed by atoms with van der Waals surface area (Å²) < 4.78 is 0. The molecule has 13 heavy (non-hydrogen) atoms. The molecular formula is C13H14. The zero-order valence-electron chi connectivity index (χ0n) is 7.96. The van der Waals surface area contributed by atoms with E-state index in [9.17, 15) is 0 Å². The van der Waals surface area contributed by atoms with Crippen LogP contribution in [0.25, 0.3) is 11.6 Å². The molecule has 0 spiro atoms. The van der Waals surface area contributed by atoms with Gasteiger partial charge < -0.3 is 0 Å². The predicted octanol–water partition coefficient (Wildman–Crippen LogP) is 1.99. The van der Waals surface area contributed by atoms with Crippen LogP contribution in [0, 0.1) is 0 Å². The SMILES string of the molecule is CCC1=c2ccccc2=CC=CC1. The maximum Gasteiger partial charge on any atom is -0.0127 e. The molecular weight excluding hydrogens is 156 g/mol. The number of rotatable bonds is 1. The van der Waals surface area contributed by atoms with Gasteiger partial charge in [-0.05, 0) is 23.3 Å². The van der Waals surface area contributed by atoms with Crippen molar-refractivity contribution in [1.82, 2.24) is 0 Å². The van der Waals surface area contributed by atoms with Gasteiger partial charge in [0.05, 0.1) is 0 Å². The van der Waals surface area contributed by atoms with Crippen molar-refractivity contribution in [3.05, 3.63) is 46.9 Å². The van der Waals surface area contributed by atoms with E-state index in [1.807, 2.05) is 0 Å². The Morgan fingerprint density at radius 3 is 2.92 bits per heavy atom. The molecule has 0 radical (unpaired) electrons. The van der Waals surface area contributed by atoms with Crippen LogP contribution in [-0.2, 0) is 0 Å². The fourth-order valence-electron chi connectivity index (χ4n) is 1.79. The van der Waals surface area contributed by atoms with E-state index in [0.717, 1.165) is 12.8 Å². The first-order chi connectivity index (χ1) is 6.42. The molecule has 0 saturated carbocycles. The lowest BCUT2D eigenvalue weighted by atomic mass is 10.1. The van der Waals surface area contributed by atoms with Crippen LogP contribution in [0.5, 0.6) is 0 Å². The van der Waals surface area contributed by atoms with E-state index in [4.69, 9.17) is 0 Å².